The van der Waals surface area contributed by atoms with E-state index in [4.69, 9.17) is 28.9 Å². The quantitative estimate of drug-likeness (QED) is 0.759. The van der Waals surface area contributed by atoms with Gasteiger partial charge in [0.25, 0.3) is 5.56 Å². The lowest BCUT2D eigenvalue weighted by Crippen LogP contribution is -2.25. The molecular weight excluding hydrogens is 319 g/mol. The second-order valence-electron chi connectivity index (χ2n) is 5.18. The molecule has 0 saturated carbocycles. The van der Waals surface area contributed by atoms with E-state index in [1.807, 2.05) is 31.2 Å². The first-order chi connectivity index (χ1) is 10.5. The third kappa shape index (κ3) is 2.52. The molecule has 0 bridgehead atoms. The lowest BCUT2D eigenvalue weighted by molar-refractivity contribution is 0.734. The van der Waals surface area contributed by atoms with E-state index >= 15 is 0 Å². The Labute approximate surface area is 137 Å². The molecule has 0 unspecified atom stereocenters. The molecule has 3 aromatic rings. The van der Waals surface area contributed by atoms with Crippen molar-refractivity contribution in [3.63, 3.8) is 0 Å². The van der Waals surface area contributed by atoms with Gasteiger partial charge in [-0.3, -0.25) is 9.36 Å². The molecule has 3 rings (SSSR count). The topological polar surface area (TPSA) is 48.0 Å². The summed E-state index contributed by atoms with van der Waals surface area (Å²) in [6.07, 6.45) is 0. The number of pyridine rings is 1. The van der Waals surface area contributed by atoms with Crippen molar-refractivity contribution in [3.8, 4) is 5.69 Å². The van der Waals surface area contributed by atoms with Crippen LogP contribution < -0.4 is 11.3 Å². The maximum absolute atomic E-state index is 13.0. The van der Waals surface area contributed by atoms with Gasteiger partial charge < -0.3 is 5.73 Å². The predicted molar refractivity (Wildman–Crippen MR) is 92.2 cm³/mol. The van der Waals surface area contributed by atoms with Crippen molar-refractivity contribution in [2.45, 2.75) is 13.0 Å². The van der Waals surface area contributed by atoms with Gasteiger partial charge in [0.2, 0.25) is 0 Å². The fraction of sp³-hybridized carbons (Fsp3) is 0.118. The van der Waals surface area contributed by atoms with E-state index in [1.165, 1.54) is 0 Å². The minimum atomic E-state index is -0.310. The van der Waals surface area contributed by atoms with Crippen molar-refractivity contribution in [3.05, 3.63) is 74.6 Å². The summed E-state index contributed by atoms with van der Waals surface area (Å²) in [6, 6.07) is 14.1. The van der Waals surface area contributed by atoms with E-state index in [-0.39, 0.29) is 11.6 Å². The monoisotopic (exact) mass is 332 g/mol. The van der Waals surface area contributed by atoms with Crippen LogP contribution in [0.2, 0.25) is 10.0 Å². The van der Waals surface area contributed by atoms with Crippen molar-refractivity contribution >= 4 is 34.0 Å². The van der Waals surface area contributed by atoms with Crippen molar-refractivity contribution in [2.24, 2.45) is 5.73 Å². The van der Waals surface area contributed by atoms with Crippen LogP contribution in [0.5, 0.6) is 0 Å². The highest BCUT2D eigenvalue weighted by Gasteiger charge is 2.15. The van der Waals surface area contributed by atoms with Crippen molar-refractivity contribution in [2.75, 3.05) is 0 Å². The summed E-state index contributed by atoms with van der Waals surface area (Å²) in [7, 11) is 0. The molecule has 1 aromatic heterocycles. The average molecular weight is 333 g/mol. The fourth-order valence-electron chi connectivity index (χ4n) is 2.56. The molecule has 3 nitrogen and oxygen atoms in total. The zero-order chi connectivity index (χ0) is 15.9. The fourth-order valence-corrected chi connectivity index (χ4v) is 3.00. The van der Waals surface area contributed by atoms with Crippen LogP contribution in [-0.4, -0.2) is 4.57 Å². The molecule has 22 heavy (non-hydrogen) atoms. The standard InChI is InChI=1S/C17H14Cl2N2O/c1-10(20)15-8-11-4-2-7-14(19)16(11)17(22)21(15)13-6-3-5-12(18)9-13/h2-10H,20H2,1H3/t10-/m0/s1. The van der Waals surface area contributed by atoms with Gasteiger partial charge in [0.05, 0.1) is 16.1 Å². The summed E-state index contributed by atoms with van der Waals surface area (Å²) in [5.41, 5.74) is 7.25. The molecule has 0 aliphatic carbocycles. The summed E-state index contributed by atoms with van der Waals surface area (Å²) >= 11 is 12.3. The van der Waals surface area contributed by atoms with Crippen LogP contribution in [-0.2, 0) is 0 Å². The number of fused-ring (bicyclic) bond motifs is 1. The Bertz CT molecular complexity index is 916. The predicted octanol–water partition coefficient (Wildman–Crippen LogP) is 4.32. The van der Waals surface area contributed by atoms with Gasteiger partial charge in [0, 0.05) is 16.8 Å². The Hall–Kier alpha value is -1.81. The van der Waals surface area contributed by atoms with E-state index < -0.39 is 0 Å². The number of aromatic nitrogens is 1. The minimum absolute atomic E-state index is 0.197. The Morgan fingerprint density at radius 1 is 1.09 bits per heavy atom. The number of rotatable bonds is 2. The largest absolute Gasteiger partial charge is 0.323 e. The number of nitrogens with zero attached hydrogens (tertiary/aromatic N) is 1. The van der Waals surface area contributed by atoms with Crippen LogP contribution >= 0.6 is 23.2 Å². The van der Waals surface area contributed by atoms with Gasteiger partial charge in [-0.15, -0.1) is 0 Å². The second kappa shape index (κ2) is 5.76. The highest BCUT2D eigenvalue weighted by atomic mass is 35.5. The normalized spacial score (nSPS) is 12.5. The van der Waals surface area contributed by atoms with Gasteiger partial charge in [-0.25, -0.2) is 0 Å². The summed E-state index contributed by atoms with van der Waals surface area (Å²) in [6.45, 7) is 1.84. The molecule has 0 radical (unpaired) electrons. The van der Waals surface area contributed by atoms with Gasteiger partial charge in [-0.1, -0.05) is 41.4 Å². The Morgan fingerprint density at radius 3 is 2.50 bits per heavy atom. The molecule has 1 atom stereocenters. The number of hydrogen-bond acceptors (Lipinski definition) is 2. The van der Waals surface area contributed by atoms with Crippen molar-refractivity contribution in [1.82, 2.24) is 4.57 Å². The molecule has 0 amide bonds. The highest BCUT2D eigenvalue weighted by Crippen LogP contribution is 2.25. The summed E-state index contributed by atoms with van der Waals surface area (Å²) < 4.78 is 1.57. The molecular formula is C17H14Cl2N2O. The summed E-state index contributed by atoms with van der Waals surface area (Å²) in [5, 5.41) is 2.24. The Morgan fingerprint density at radius 2 is 1.82 bits per heavy atom. The van der Waals surface area contributed by atoms with Crippen LogP contribution in [0.25, 0.3) is 16.5 Å². The van der Waals surface area contributed by atoms with Gasteiger partial charge >= 0.3 is 0 Å². The lowest BCUT2D eigenvalue weighted by atomic mass is 10.1. The zero-order valence-corrected chi connectivity index (χ0v) is 13.4. The first-order valence-electron chi connectivity index (χ1n) is 6.85. The van der Waals surface area contributed by atoms with Crippen LogP contribution in [0, 0.1) is 0 Å². The minimum Gasteiger partial charge on any atom is -0.323 e. The second-order valence-corrected chi connectivity index (χ2v) is 6.03. The molecule has 0 aliphatic heterocycles. The molecule has 112 valence electrons. The molecule has 5 heteroatoms. The molecule has 2 aromatic carbocycles. The SMILES string of the molecule is C[C@H](N)c1cc2cccc(Cl)c2c(=O)n1-c1cccc(Cl)c1. The van der Waals surface area contributed by atoms with Crippen LogP contribution in [0.15, 0.2) is 53.3 Å². The molecule has 0 saturated heterocycles. The van der Waals surface area contributed by atoms with Gasteiger partial charge in [0.1, 0.15) is 0 Å². The van der Waals surface area contributed by atoms with E-state index in [2.05, 4.69) is 0 Å². The number of nitrogens with two attached hydrogens (primary N) is 1. The van der Waals surface area contributed by atoms with E-state index in [1.54, 1.807) is 28.8 Å². The molecule has 0 spiro atoms. The number of benzene rings is 2. The van der Waals surface area contributed by atoms with Crippen molar-refractivity contribution < 1.29 is 0 Å². The van der Waals surface area contributed by atoms with Gasteiger partial charge in [-0.2, -0.15) is 0 Å². The molecule has 0 fully saturated rings. The van der Waals surface area contributed by atoms with Crippen LogP contribution in [0.3, 0.4) is 0 Å². The Kier molecular flexibility index (Phi) is 3.96. The smallest absolute Gasteiger partial charge is 0.264 e. The van der Waals surface area contributed by atoms with Crippen LogP contribution in [0.4, 0.5) is 0 Å². The molecule has 1 heterocycles. The van der Waals surface area contributed by atoms with Crippen molar-refractivity contribution in [1.29, 1.82) is 0 Å². The number of hydrogen-bond donors (Lipinski definition) is 1. The van der Waals surface area contributed by atoms with E-state index in [0.717, 1.165) is 5.39 Å². The maximum atomic E-state index is 13.0. The lowest BCUT2D eigenvalue weighted by Gasteiger charge is -2.17. The third-order valence-corrected chi connectivity index (χ3v) is 4.11. The maximum Gasteiger partial charge on any atom is 0.264 e. The van der Waals surface area contributed by atoms with Gasteiger partial charge in [-0.05, 0) is 42.6 Å². The molecule has 0 aliphatic rings. The third-order valence-electron chi connectivity index (χ3n) is 3.56. The first-order valence-corrected chi connectivity index (χ1v) is 7.60. The first kappa shape index (κ1) is 15.1. The van der Waals surface area contributed by atoms with Gasteiger partial charge in [0.15, 0.2) is 0 Å². The summed E-state index contributed by atoms with van der Waals surface area (Å²) in [4.78, 5) is 13.0. The number of halogens is 2. The zero-order valence-electron chi connectivity index (χ0n) is 11.9. The highest BCUT2D eigenvalue weighted by molar-refractivity contribution is 6.35. The Balaban J connectivity index is 2.46. The average Bonchev–Trinajstić information content (AvgIpc) is 2.46. The summed E-state index contributed by atoms with van der Waals surface area (Å²) in [5.74, 6) is 0. The van der Waals surface area contributed by atoms with E-state index in [0.29, 0.717) is 26.8 Å². The van der Waals surface area contributed by atoms with Crippen LogP contribution in [0.1, 0.15) is 18.7 Å². The molecule has 2 N–H and O–H groups in total. The van der Waals surface area contributed by atoms with E-state index in [9.17, 15) is 4.79 Å².